The van der Waals surface area contributed by atoms with Crippen LogP contribution in [-0.2, 0) is 24.2 Å². The van der Waals surface area contributed by atoms with Gasteiger partial charge in [-0.25, -0.2) is 4.98 Å². The molecule has 0 spiro atoms. The van der Waals surface area contributed by atoms with Crippen molar-refractivity contribution < 1.29 is 9.90 Å². The molecule has 1 atom stereocenters. The lowest BCUT2D eigenvalue weighted by Crippen LogP contribution is -2.22. The molecule has 1 aliphatic carbocycles. The van der Waals surface area contributed by atoms with Crippen molar-refractivity contribution >= 4 is 27.5 Å². The van der Waals surface area contributed by atoms with Gasteiger partial charge in [0.2, 0.25) is 0 Å². The Labute approximate surface area is 142 Å². The Bertz CT molecular complexity index is 975. The molecule has 0 bridgehead atoms. The first-order valence-corrected chi connectivity index (χ1v) is 8.74. The summed E-state index contributed by atoms with van der Waals surface area (Å²) in [4.78, 5) is 30.4. The molecule has 6 heteroatoms. The maximum absolute atomic E-state index is 12.9. The summed E-state index contributed by atoms with van der Waals surface area (Å²) < 4.78 is 1.60. The maximum atomic E-state index is 12.9. The van der Waals surface area contributed by atoms with Gasteiger partial charge in [-0.2, -0.15) is 0 Å². The average molecular weight is 340 g/mol. The zero-order valence-electron chi connectivity index (χ0n) is 12.9. The van der Waals surface area contributed by atoms with Gasteiger partial charge in [0.1, 0.15) is 4.83 Å². The molecule has 1 aliphatic rings. The summed E-state index contributed by atoms with van der Waals surface area (Å²) in [6, 6.07) is 9.97. The Morgan fingerprint density at radius 3 is 2.88 bits per heavy atom. The molecule has 3 aromatic rings. The Kier molecular flexibility index (Phi) is 3.69. The molecule has 5 nitrogen and oxygen atoms in total. The third kappa shape index (κ3) is 2.43. The molecule has 4 rings (SSSR count). The molecule has 0 aliphatic heterocycles. The fraction of sp³-hybridized carbons (Fsp3) is 0.278. The van der Waals surface area contributed by atoms with Crippen molar-refractivity contribution in [2.24, 2.45) is 0 Å². The third-order valence-corrected chi connectivity index (χ3v) is 5.76. The number of aliphatic carboxylic acids is 1. The number of nitrogens with zero attached hydrogens (tertiary/aromatic N) is 2. The maximum Gasteiger partial charge on any atom is 0.311 e. The van der Waals surface area contributed by atoms with Gasteiger partial charge in [0.25, 0.3) is 5.56 Å². The van der Waals surface area contributed by atoms with E-state index in [-0.39, 0.29) is 5.56 Å². The molecule has 1 unspecified atom stereocenters. The highest BCUT2D eigenvalue weighted by Gasteiger charge is 2.34. The van der Waals surface area contributed by atoms with Crippen LogP contribution in [0.3, 0.4) is 0 Å². The van der Waals surface area contributed by atoms with Crippen molar-refractivity contribution in [1.29, 1.82) is 0 Å². The van der Waals surface area contributed by atoms with Crippen LogP contribution in [0.15, 0.2) is 41.5 Å². The van der Waals surface area contributed by atoms with Crippen LogP contribution >= 0.6 is 11.3 Å². The van der Waals surface area contributed by atoms with E-state index in [9.17, 15) is 14.7 Å². The molecule has 1 N–H and O–H groups in total. The molecule has 1 aromatic carbocycles. The van der Waals surface area contributed by atoms with Crippen LogP contribution in [-0.4, -0.2) is 20.6 Å². The van der Waals surface area contributed by atoms with Gasteiger partial charge in [0.05, 0.1) is 17.6 Å². The van der Waals surface area contributed by atoms with E-state index in [0.717, 1.165) is 23.3 Å². The first kappa shape index (κ1) is 15.1. The van der Waals surface area contributed by atoms with Gasteiger partial charge >= 0.3 is 5.97 Å². The van der Waals surface area contributed by atoms with E-state index in [4.69, 9.17) is 0 Å². The number of aryl methyl sites for hydroxylation is 3. The molecule has 0 saturated carbocycles. The van der Waals surface area contributed by atoms with Gasteiger partial charge in [0, 0.05) is 11.4 Å². The minimum atomic E-state index is -0.854. The van der Waals surface area contributed by atoms with Crippen molar-refractivity contribution in [3.05, 3.63) is 63.0 Å². The highest BCUT2D eigenvalue weighted by atomic mass is 32.1. The summed E-state index contributed by atoms with van der Waals surface area (Å²) >= 11 is 1.46. The molecule has 0 fully saturated rings. The molecule has 0 saturated heterocycles. The molecular formula is C18H16N2O3S. The predicted octanol–water partition coefficient (Wildman–Crippen LogP) is 2.82. The van der Waals surface area contributed by atoms with Crippen molar-refractivity contribution in [2.75, 3.05) is 0 Å². The quantitative estimate of drug-likeness (QED) is 0.793. The second-order valence-electron chi connectivity index (χ2n) is 6.03. The number of carboxylic acid groups (broad SMARTS) is 1. The van der Waals surface area contributed by atoms with E-state index < -0.39 is 11.9 Å². The Balaban J connectivity index is 1.74. The van der Waals surface area contributed by atoms with Crippen LogP contribution in [0.25, 0.3) is 10.2 Å². The minimum Gasteiger partial charge on any atom is -0.481 e. The fourth-order valence-electron chi connectivity index (χ4n) is 3.37. The fourth-order valence-corrected chi connectivity index (χ4v) is 4.57. The van der Waals surface area contributed by atoms with E-state index in [2.05, 4.69) is 4.98 Å². The van der Waals surface area contributed by atoms with Crippen LogP contribution < -0.4 is 5.56 Å². The Morgan fingerprint density at radius 1 is 1.33 bits per heavy atom. The van der Waals surface area contributed by atoms with Crippen LogP contribution in [0.5, 0.6) is 0 Å². The van der Waals surface area contributed by atoms with E-state index in [1.807, 2.05) is 30.3 Å². The largest absolute Gasteiger partial charge is 0.481 e. The summed E-state index contributed by atoms with van der Waals surface area (Å²) in [6.07, 6.45) is 3.61. The number of thiophene rings is 1. The zero-order chi connectivity index (χ0) is 16.7. The summed E-state index contributed by atoms with van der Waals surface area (Å²) in [6.45, 7) is 0.536. The average Bonchev–Trinajstić information content (AvgIpc) is 3.14. The SMILES string of the molecule is O=C(O)C1CCc2sc3ncn(CCc4ccccc4)c(=O)c3c21. The number of carboxylic acids is 1. The van der Waals surface area contributed by atoms with Crippen molar-refractivity contribution in [3.63, 3.8) is 0 Å². The highest BCUT2D eigenvalue weighted by molar-refractivity contribution is 7.18. The second kappa shape index (κ2) is 5.87. The van der Waals surface area contributed by atoms with Crippen molar-refractivity contribution in [1.82, 2.24) is 9.55 Å². The number of rotatable bonds is 4. The van der Waals surface area contributed by atoms with Gasteiger partial charge in [-0.3, -0.25) is 14.2 Å². The molecule has 2 aromatic heterocycles. The van der Waals surface area contributed by atoms with Crippen LogP contribution in [0.4, 0.5) is 0 Å². The number of benzene rings is 1. The van der Waals surface area contributed by atoms with Gasteiger partial charge in [-0.15, -0.1) is 11.3 Å². The first-order valence-electron chi connectivity index (χ1n) is 7.92. The summed E-state index contributed by atoms with van der Waals surface area (Å²) in [5.41, 5.74) is 1.74. The van der Waals surface area contributed by atoms with Crippen molar-refractivity contribution in [3.8, 4) is 0 Å². The number of aromatic nitrogens is 2. The van der Waals surface area contributed by atoms with Crippen molar-refractivity contribution in [2.45, 2.75) is 31.7 Å². The lowest BCUT2D eigenvalue weighted by molar-refractivity contribution is -0.138. The minimum absolute atomic E-state index is 0.124. The van der Waals surface area contributed by atoms with Gasteiger partial charge in [-0.1, -0.05) is 30.3 Å². The zero-order valence-corrected chi connectivity index (χ0v) is 13.8. The molecule has 0 radical (unpaired) electrons. The van der Waals surface area contributed by atoms with Gasteiger partial charge in [0.15, 0.2) is 0 Å². The number of fused-ring (bicyclic) bond motifs is 3. The summed E-state index contributed by atoms with van der Waals surface area (Å²) in [7, 11) is 0. The molecule has 122 valence electrons. The number of hydrogen-bond donors (Lipinski definition) is 1. The Morgan fingerprint density at radius 2 is 2.12 bits per heavy atom. The lowest BCUT2D eigenvalue weighted by atomic mass is 10.0. The molecule has 24 heavy (non-hydrogen) atoms. The monoisotopic (exact) mass is 340 g/mol. The van der Waals surface area contributed by atoms with E-state index in [1.54, 1.807) is 10.9 Å². The molecule has 0 amide bonds. The second-order valence-corrected chi connectivity index (χ2v) is 7.11. The summed E-state index contributed by atoms with van der Waals surface area (Å²) in [5, 5.41) is 9.94. The predicted molar refractivity (Wildman–Crippen MR) is 92.7 cm³/mol. The molecule has 2 heterocycles. The molecular weight excluding hydrogens is 324 g/mol. The number of hydrogen-bond acceptors (Lipinski definition) is 4. The van der Waals surface area contributed by atoms with Gasteiger partial charge < -0.3 is 5.11 Å². The highest BCUT2D eigenvalue weighted by Crippen LogP contribution is 2.41. The lowest BCUT2D eigenvalue weighted by Gasteiger charge is -2.08. The first-order chi connectivity index (χ1) is 11.6. The summed E-state index contributed by atoms with van der Waals surface area (Å²) in [5.74, 6) is -1.43. The third-order valence-electron chi connectivity index (χ3n) is 4.58. The van der Waals surface area contributed by atoms with Crippen LogP contribution in [0.2, 0.25) is 0 Å². The standard InChI is InChI=1S/C18H16N2O3S/c21-17-15-14-12(18(22)23)6-7-13(14)24-16(15)19-10-20(17)9-8-11-4-2-1-3-5-11/h1-5,10,12H,6-9H2,(H,22,23). The van der Waals surface area contributed by atoms with Crippen LogP contribution in [0.1, 0.15) is 28.3 Å². The van der Waals surface area contributed by atoms with Crippen LogP contribution in [0, 0.1) is 0 Å². The number of carbonyl (C=O) groups is 1. The van der Waals surface area contributed by atoms with E-state index >= 15 is 0 Å². The Hall–Kier alpha value is -2.47. The van der Waals surface area contributed by atoms with E-state index in [0.29, 0.717) is 28.7 Å². The smallest absolute Gasteiger partial charge is 0.311 e. The van der Waals surface area contributed by atoms with E-state index in [1.165, 1.54) is 11.3 Å². The normalized spacial score (nSPS) is 16.4. The van der Waals surface area contributed by atoms with Gasteiger partial charge in [-0.05, 0) is 30.4 Å². The topological polar surface area (TPSA) is 72.2 Å².